The van der Waals surface area contributed by atoms with Crippen molar-refractivity contribution in [1.82, 2.24) is 4.90 Å². The van der Waals surface area contributed by atoms with E-state index in [0.29, 0.717) is 17.5 Å². The van der Waals surface area contributed by atoms with Gasteiger partial charge in [0.15, 0.2) is 0 Å². The van der Waals surface area contributed by atoms with E-state index >= 15 is 0 Å². The van der Waals surface area contributed by atoms with Gasteiger partial charge in [0.1, 0.15) is 17.4 Å². The van der Waals surface area contributed by atoms with E-state index in [-0.39, 0.29) is 11.3 Å². The second kappa shape index (κ2) is 8.97. The molecule has 0 aliphatic carbocycles. The molecule has 0 aliphatic rings. The van der Waals surface area contributed by atoms with Gasteiger partial charge in [-0.2, -0.15) is 5.26 Å². The molecule has 0 fully saturated rings. The van der Waals surface area contributed by atoms with Crippen molar-refractivity contribution in [3.8, 4) is 11.8 Å². The van der Waals surface area contributed by atoms with Crippen molar-refractivity contribution in [3.63, 3.8) is 0 Å². The number of amides is 1. The third kappa shape index (κ3) is 6.33. The number of carbonyl (C=O) groups is 1. The topological polar surface area (TPSA) is 76.4 Å². The number of nitrogens with zero attached hydrogens (tertiary/aromatic N) is 2. The maximum absolute atomic E-state index is 12.4. The first-order chi connectivity index (χ1) is 11.2. The van der Waals surface area contributed by atoms with Crippen molar-refractivity contribution in [3.05, 3.63) is 35.5 Å². The quantitative estimate of drug-likeness (QED) is 0.455. The molecule has 0 radical (unpaired) electrons. The summed E-state index contributed by atoms with van der Waals surface area (Å²) < 4.78 is 0. The lowest BCUT2D eigenvalue weighted by molar-refractivity contribution is -0.112. The zero-order chi connectivity index (χ0) is 18.3. The third-order valence-corrected chi connectivity index (χ3v) is 3.33. The van der Waals surface area contributed by atoms with Crippen LogP contribution in [-0.4, -0.2) is 29.0 Å². The molecule has 0 unspecified atom stereocenters. The lowest BCUT2D eigenvalue weighted by Crippen LogP contribution is -2.28. The molecule has 1 aromatic carbocycles. The fraction of sp³-hybridized carbons (Fsp3) is 0.474. The smallest absolute Gasteiger partial charge is 0.267 e. The first-order valence-electron chi connectivity index (χ1n) is 8.19. The molecule has 5 nitrogen and oxygen atoms in total. The summed E-state index contributed by atoms with van der Waals surface area (Å²) in [7, 11) is 0. The SMILES string of the molecule is Cc1cc(O)ccc1NC(=O)/C(C#N)=C\N(CC(C)C)CC(C)C. The summed E-state index contributed by atoms with van der Waals surface area (Å²) in [6.07, 6.45) is 1.64. The van der Waals surface area contributed by atoms with Crippen LogP contribution in [0.3, 0.4) is 0 Å². The number of nitrogens with one attached hydrogen (secondary N) is 1. The summed E-state index contributed by atoms with van der Waals surface area (Å²) >= 11 is 0. The molecule has 0 aliphatic heterocycles. The molecule has 0 spiro atoms. The number of benzene rings is 1. The van der Waals surface area contributed by atoms with E-state index in [9.17, 15) is 15.2 Å². The zero-order valence-electron chi connectivity index (χ0n) is 15.1. The van der Waals surface area contributed by atoms with E-state index in [1.54, 1.807) is 25.3 Å². The van der Waals surface area contributed by atoms with Crippen molar-refractivity contribution in [1.29, 1.82) is 5.26 Å². The Morgan fingerprint density at radius 2 is 1.88 bits per heavy atom. The summed E-state index contributed by atoms with van der Waals surface area (Å²) in [6, 6.07) is 6.68. The van der Waals surface area contributed by atoms with Crippen LogP contribution in [0, 0.1) is 30.1 Å². The number of hydrogen-bond donors (Lipinski definition) is 2. The molecule has 0 bridgehead atoms. The Labute approximate surface area is 144 Å². The van der Waals surface area contributed by atoms with Crippen LogP contribution in [0.2, 0.25) is 0 Å². The minimum Gasteiger partial charge on any atom is -0.508 e. The minimum absolute atomic E-state index is 0.0729. The highest BCUT2D eigenvalue weighted by Gasteiger charge is 2.14. The molecule has 0 saturated heterocycles. The van der Waals surface area contributed by atoms with Gasteiger partial charge in [-0.15, -0.1) is 0 Å². The Hall–Kier alpha value is -2.48. The van der Waals surface area contributed by atoms with E-state index in [2.05, 4.69) is 33.0 Å². The Bertz CT molecular complexity index is 633. The molecule has 24 heavy (non-hydrogen) atoms. The zero-order valence-corrected chi connectivity index (χ0v) is 15.1. The summed E-state index contributed by atoms with van der Waals surface area (Å²) in [4.78, 5) is 14.4. The normalized spacial score (nSPS) is 11.5. The summed E-state index contributed by atoms with van der Waals surface area (Å²) in [5.74, 6) is 0.565. The molecule has 0 saturated carbocycles. The number of rotatable bonds is 7. The van der Waals surface area contributed by atoms with E-state index in [4.69, 9.17) is 0 Å². The molecule has 2 N–H and O–H groups in total. The Morgan fingerprint density at radius 3 is 2.33 bits per heavy atom. The second-order valence-electron chi connectivity index (χ2n) is 6.85. The molecule has 1 rings (SSSR count). The molecular formula is C19H27N3O2. The van der Waals surface area contributed by atoms with Gasteiger partial charge < -0.3 is 15.3 Å². The average molecular weight is 329 g/mol. The molecular weight excluding hydrogens is 302 g/mol. The number of aryl methyl sites for hydroxylation is 1. The number of hydrogen-bond acceptors (Lipinski definition) is 4. The number of phenolic OH excluding ortho intramolecular Hbond substituents is 1. The first kappa shape index (κ1) is 19.6. The standard InChI is InChI=1S/C19H27N3O2/c1-13(2)10-22(11-14(3)4)12-16(9-20)19(24)21-18-7-6-17(23)8-15(18)5/h6-8,12-14,23H,10-11H2,1-5H3,(H,21,24)/b16-12-. The van der Waals surface area contributed by atoms with Gasteiger partial charge in [0.2, 0.25) is 0 Å². The fourth-order valence-electron chi connectivity index (χ4n) is 2.42. The number of phenols is 1. The summed E-state index contributed by atoms with van der Waals surface area (Å²) in [6.45, 7) is 11.8. The van der Waals surface area contributed by atoms with Gasteiger partial charge in [-0.05, 0) is 42.5 Å². The lowest BCUT2D eigenvalue weighted by atomic mass is 10.1. The van der Waals surface area contributed by atoms with Crippen LogP contribution in [0.5, 0.6) is 5.75 Å². The Morgan fingerprint density at radius 1 is 1.29 bits per heavy atom. The van der Waals surface area contributed by atoms with Crippen LogP contribution >= 0.6 is 0 Å². The number of carbonyl (C=O) groups excluding carboxylic acids is 1. The Balaban J connectivity index is 2.96. The van der Waals surface area contributed by atoms with Crippen LogP contribution in [0.15, 0.2) is 30.0 Å². The van der Waals surface area contributed by atoms with Crippen molar-refractivity contribution < 1.29 is 9.90 Å². The first-order valence-corrected chi connectivity index (χ1v) is 8.19. The Kier molecular flexibility index (Phi) is 7.31. The molecule has 0 heterocycles. The highest BCUT2D eigenvalue weighted by molar-refractivity contribution is 6.06. The van der Waals surface area contributed by atoms with Gasteiger partial charge in [0.25, 0.3) is 5.91 Å². The summed E-state index contributed by atoms with van der Waals surface area (Å²) in [5.41, 5.74) is 1.39. The van der Waals surface area contributed by atoms with E-state index < -0.39 is 5.91 Å². The van der Waals surface area contributed by atoms with E-state index in [1.807, 2.05) is 11.0 Å². The van der Waals surface area contributed by atoms with Gasteiger partial charge in [0, 0.05) is 25.0 Å². The highest BCUT2D eigenvalue weighted by atomic mass is 16.3. The van der Waals surface area contributed by atoms with Gasteiger partial charge in [-0.25, -0.2) is 0 Å². The average Bonchev–Trinajstić information content (AvgIpc) is 2.46. The molecule has 5 heteroatoms. The third-order valence-electron chi connectivity index (χ3n) is 3.33. The van der Waals surface area contributed by atoms with Crippen LogP contribution in [0.25, 0.3) is 0 Å². The predicted octanol–water partition coefficient (Wildman–Crippen LogP) is 3.66. The molecule has 0 atom stereocenters. The van der Waals surface area contributed by atoms with Crippen molar-refractivity contribution >= 4 is 11.6 Å². The molecule has 1 amide bonds. The van der Waals surface area contributed by atoms with Gasteiger partial charge in [0.05, 0.1) is 0 Å². The maximum Gasteiger partial charge on any atom is 0.267 e. The number of anilines is 1. The van der Waals surface area contributed by atoms with Crippen molar-refractivity contribution in [2.45, 2.75) is 34.6 Å². The summed E-state index contributed by atoms with van der Waals surface area (Å²) in [5, 5.41) is 21.5. The van der Waals surface area contributed by atoms with Crippen LogP contribution in [0.4, 0.5) is 5.69 Å². The van der Waals surface area contributed by atoms with Crippen molar-refractivity contribution in [2.24, 2.45) is 11.8 Å². The van der Waals surface area contributed by atoms with Crippen LogP contribution < -0.4 is 5.32 Å². The number of aromatic hydroxyl groups is 1. The van der Waals surface area contributed by atoms with Gasteiger partial charge in [-0.1, -0.05) is 27.7 Å². The largest absolute Gasteiger partial charge is 0.508 e. The fourth-order valence-corrected chi connectivity index (χ4v) is 2.42. The molecule has 130 valence electrons. The predicted molar refractivity (Wildman–Crippen MR) is 96.4 cm³/mol. The van der Waals surface area contributed by atoms with Crippen molar-refractivity contribution in [2.75, 3.05) is 18.4 Å². The van der Waals surface area contributed by atoms with Gasteiger partial charge in [-0.3, -0.25) is 4.79 Å². The monoisotopic (exact) mass is 329 g/mol. The van der Waals surface area contributed by atoms with Crippen LogP contribution in [0.1, 0.15) is 33.3 Å². The number of nitriles is 1. The van der Waals surface area contributed by atoms with E-state index in [1.165, 1.54) is 6.07 Å². The van der Waals surface area contributed by atoms with Gasteiger partial charge >= 0.3 is 0 Å². The van der Waals surface area contributed by atoms with Crippen LogP contribution in [-0.2, 0) is 4.79 Å². The molecule has 0 aromatic heterocycles. The van der Waals surface area contributed by atoms with E-state index in [0.717, 1.165) is 18.7 Å². The maximum atomic E-state index is 12.4. The highest BCUT2D eigenvalue weighted by Crippen LogP contribution is 2.20. The molecule has 1 aromatic rings. The lowest BCUT2D eigenvalue weighted by Gasteiger charge is -2.25. The second-order valence-corrected chi connectivity index (χ2v) is 6.85. The minimum atomic E-state index is -0.441.